The first kappa shape index (κ1) is 21.5. The molecule has 0 aliphatic rings. The Balaban J connectivity index is 2.18. The summed E-state index contributed by atoms with van der Waals surface area (Å²) in [6.45, 7) is 0. The molecule has 1 amide bonds. The summed E-state index contributed by atoms with van der Waals surface area (Å²) in [6.07, 6.45) is -3.56. The number of sulfonamides is 1. The van der Waals surface area contributed by atoms with Crippen LogP contribution in [0, 0.1) is 5.82 Å². The van der Waals surface area contributed by atoms with E-state index in [2.05, 4.69) is 5.10 Å². The minimum atomic E-state index is -4.69. The van der Waals surface area contributed by atoms with Gasteiger partial charge in [0.15, 0.2) is 0 Å². The Morgan fingerprint density at radius 3 is 2.30 bits per heavy atom. The van der Waals surface area contributed by atoms with E-state index in [1.807, 2.05) is 0 Å². The Bertz CT molecular complexity index is 1220. The van der Waals surface area contributed by atoms with Crippen LogP contribution in [0.2, 0.25) is 0 Å². The van der Waals surface area contributed by atoms with Crippen molar-refractivity contribution < 1.29 is 30.8 Å². The van der Waals surface area contributed by atoms with Gasteiger partial charge in [-0.2, -0.15) is 18.3 Å². The van der Waals surface area contributed by atoms with Crippen LogP contribution in [-0.2, 0) is 21.0 Å². The molecular weight excluding hydrogens is 428 g/mol. The zero-order valence-electron chi connectivity index (χ0n) is 15.0. The second kappa shape index (κ2) is 7.54. The van der Waals surface area contributed by atoms with Gasteiger partial charge >= 0.3 is 6.18 Å². The number of alkyl halides is 3. The number of carbonyl (C=O) groups is 1. The fourth-order valence-corrected chi connectivity index (χ4v) is 3.69. The highest BCUT2D eigenvalue weighted by Gasteiger charge is 2.33. The summed E-state index contributed by atoms with van der Waals surface area (Å²) in [5.41, 5.74) is 4.29. The number of hydrogen-bond acceptors (Lipinski definition) is 4. The van der Waals surface area contributed by atoms with Gasteiger partial charge in [-0.1, -0.05) is 18.2 Å². The standard InChI is InChI=1S/C18H14F4N4O3S/c19-13-3-1-2-10(6-13)16(17(23)27)11-4-5-14(15(7-11)30(24,28)29)26-9-12(8-25-26)18(20,21)22/h1-9,16H,(H2,23,27)(H2,24,28,29). The van der Waals surface area contributed by atoms with Crippen molar-refractivity contribution in [2.75, 3.05) is 0 Å². The van der Waals surface area contributed by atoms with Crippen LogP contribution in [0.15, 0.2) is 59.8 Å². The molecule has 0 fully saturated rings. The number of primary amides is 1. The molecule has 0 bridgehead atoms. The Morgan fingerprint density at radius 2 is 1.77 bits per heavy atom. The molecule has 0 saturated heterocycles. The second-order valence-electron chi connectivity index (χ2n) is 6.33. The molecule has 1 aromatic heterocycles. The largest absolute Gasteiger partial charge is 0.419 e. The number of rotatable bonds is 5. The Kier molecular flexibility index (Phi) is 5.39. The molecule has 3 rings (SSSR count). The quantitative estimate of drug-likeness (QED) is 0.589. The molecular formula is C18H14F4N4O3S. The zero-order chi connectivity index (χ0) is 22.3. The van der Waals surface area contributed by atoms with Crippen LogP contribution in [0.4, 0.5) is 17.6 Å². The molecule has 30 heavy (non-hydrogen) atoms. The van der Waals surface area contributed by atoms with Crippen LogP contribution in [0.3, 0.4) is 0 Å². The predicted molar refractivity (Wildman–Crippen MR) is 97.4 cm³/mol. The van der Waals surface area contributed by atoms with Crippen LogP contribution >= 0.6 is 0 Å². The Hall–Kier alpha value is -3.25. The van der Waals surface area contributed by atoms with Crippen molar-refractivity contribution in [1.82, 2.24) is 9.78 Å². The van der Waals surface area contributed by atoms with Gasteiger partial charge in [0.05, 0.1) is 23.4 Å². The fraction of sp³-hybridized carbons (Fsp3) is 0.111. The molecule has 7 nitrogen and oxygen atoms in total. The number of nitrogens with two attached hydrogens (primary N) is 2. The van der Waals surface area contributed by atoms with Crippen LogP contribution in [0.1, 0.15) is 22.6 Å². The van der Waals surface area contributed by atoms with Crippen LogP contribution in [0.5, 0.6) is 0 Å². The first-order valence-electron chi connectivity index (χ1n) is 8.21. The summed E-state index contributed by atoms with van der Waals surface area (Å²) in [5, 5.41) is 8.77. The number of primary sulfonamides is 1. The molecule has 0 radical (unpaired) electrons. The molecule has 0 aliphatic heterocycles. The molecule has 1 unspecified atom stereocenters. The SMILES string of the molecule is NC(=O)C(c1cccc(F)c1)c1ccc(-n2cc(C(F)(F)F)cn2)c(S(N)(=O)=O)c1. The lowest BCUT2D eigenvalue weighted by molar-refractivity contribution is -0.137. The summed E-state index contributed by atoms with van der Waals surface area (Å²) < 4.78 is 77.1. The highest BCUT2D eigenvalue weighted by molar-refractivity contribution is 7.89. The van der Waals surface area contributed by atoms with E-state index in [0.29, 0.717) is 17.1 Å². The number of halogens is 4. The Morgan fingerprint density at radius 1 is 1.10 bits per heavy atom. The third kappa shape index (κ3) is 4.33. The minimum absolute atomic E-state index is 0.0593. The van der Waals surface area contributed by atoms with E-state index < -0.39 is 44.3 Å². The molecule has 12 heteroatoms. The van der Waals surface area contributed by atoms with Crippen molar-refractivity contribution in [2.24, 2.45) is 10.9 Å². The van der Waals surface area contributed by atoms with Gasteiger partial charge < -0.3 is 5.73 Å². The van der Waals surface area contributed by atoms with Crippen LogP contribution < -0.4 is 10.9 Å². The van der Waals surface area contributed by atoms with Gasteiger partial charge in [-0.3, -0.25) is 4.79 Å². The number of aromatic nitrogens is 2. The number of carbonyl (C=O) groups excluding carboxylic acids is 1. The third-order valence-corrected chi connectivity index (χ3v) is 5.19. The first-order valence-corrected chi connectivity index (χ1v) is 9.76. The summed E-state index contributed by atoms with van der Waals surface area (Å²) in [7, 11) is -4.45. The number of hydrogen-bond donors (Lipinski definition) is 2. The molecule has 2 aromatic carbocycles. The molecule has 0 saturated carbocycles. The average Bonchev–Trinajstić information content (AvgIpc) is 3.11. The van der Waals surface area contributed by atoms with E-state index >= 15 is 0 Å². The maximum Gasteiger partial charge on any atom is 0.419 e. The summed E-state index contributed by atoms with van der Waals surface area (Å²) >= 11 is 0. The lowest BCUT2D eigenvalue weighted by Crippen LogP contribution is -2.23. The smallest absolute Gasteiger partial charge is 0.369 e. The van der Waals surface area contributed by atoms with Crippen molar-refractivity contribution in [3.63, 3.8) is 0 Å². The summed E-state index contributed by atoms with van der Waals surface area (Å²) in [4.78, 5) is 11.4. The van der Waals surface area contributed by atoms with E-state index in [9.17, 15) is 30.8 Å². The van der Waals surface area contributed by atoms with Crippen molar-refractivity contribution >= 4 is 15.9 Å². The normalized spacial score (nSPS) is 13.2. The van der Waals surface area contributed by atoms with Gasteiger partial charge in [-0.05, 0) is 35.4 Å². The van der Waals surface area contributed by atoms with Crippen LogP contribution in [-0.4, -0.2) is 24.1 Å². The van der Waals surface area contributed by atoms with Gasteiger partial charge in [-0.25, -0.2) is 22.6 Å². The summed E-state index contributed by atoms with van der Waals surface area (Å²) in [5.74, 6) is -2.76. The lowest BCUT2D eigenvalue weighted by atomic mass is 9.90. The van der Waals surface area contributed by atoms with E-state index in [1.165, 1.54) is 18.2 Å². The maximum absolute atomic E-state index is 13.6. The van der Waals surface area contributed by atoms with E-state index in [1.54, 1.807) is 0 Å². The van der Waals surface area contributed by atoms with Gasteiger partial charge in [0.1, 0.15) is 10.7 Å². The molecule has 4 N–H and O–H groups in total. The minimum Gasteiger partial charge on any atom is -0.369 e. The van der Waals surface area contributed by atoms with Crippen molar-refractivity contribution in [2.45, 2.75) is 17.0 Å². The monoisotopic (exact) mass is 442 g/mol. The lowest BCUT2D eigenvalue weighted by Gasteiger charge is -2.17. The van der Waals surface area contributed by atoms with E-state index in [0.717, 1.165) is 24.3 Å². The van der Waals surface area contributed by atoms with Gasteiger partial charge in [0, 0.05) is 6.20 Å². The zero-order valence-corrected chi connectivity index (χ0v) is 15.8. The molecule has 1 heterocycles. The van der Waals surface area contributed by atoms with Crippen molar-refractivity contribution in [1.29, 1.82) is 0 Å². The molecule has 1 atom stereocenters. The maximum atomic E-state index is 13.6. The molecule has 0 aliphatic carbocycles. The van der Waals surface area contributed by atoms with E-state index in [4.69, 9.17) is 10.9 Å². The number of nitrogens with zero attached hydrogens (tertiary/aromatic N) is 2. The van der Waals surface area contributed by atoms with E-state index in [-0.39, 0.29) is 16.8 Å². The Labute approximate surface area is 168 Å². The van der Waals surface area contributed by atoms with Crippen LogP contribution in [0.25, 0.3) is 5.69 Å². The molecule has 3 aromatic rings. The first-order chi connectivity index (χ1) is 13.9. The molecule has 0 spiro atoms. The second-order valence-corrected chi connectivity index (χ2v) is 7.86. The average molecular weight is 442 g/mol. The fourth-order valence-electron chi connectivity index (χ4n) is 2.94. The summed E-state index contributed by atoms with van der Waals surface area (Å²) in [6, 6.07) is 8.39. The number of benzene rings is 2. The van der Waals surface area contributed by atoms with Gasteiger partial charge in [-0.15, -0.1) is 0 Å². The third-order valence-electron chi connectivity index (χ3n) is 4.25. The predicted octanol–water partition coefficient (Wildman–Crippen LogP) is 2.29. The highest BCUT2D eigenvalue weighted by Crippen LogP contribution is 2.32. The van der Waals surface area contributed by atoms with Crippen molar-refractivity contribution in [3.05, 3.63) is 77.4 Å². The molecule has 158 valence electrons. The highest BCUT2D eigenvalue weighted by atomic mass is 32.2. The van der Waals surface area contributed by atoms with Gasteiger partial charge in [0.2, 0.25) is 15.9 Å². The number of amides is 1. The van der Waals surface area contributed by atoms with Gasteiger partial charge in [0.25, 0.3) is 0 Å². The van der Waals surface area contributed by atoms with Crippen molar-refractivity contribution in [3.8, 4) is 5.69 Å². The topological polar surface area (TPSA) is 121 Å².